The van der Waals surface area contributed by atoms with Crippen molar-refractivity contribution in [3.8, 4) is 0 Å². The largest absolute Gasteiger partial charge is 0.330 e. The summed E-state index contributed by atoms with van der Waals surface area (Å²) >= 11 is 0. The molecule has 0 bridgehead atoms. The van der Waals surface area contributed by atoms with Crippen LogP contribution in [0.1, 0.15) is 47.0 Å². The van der Waals surface area contributed by atoms with E-state index in [4.69, 9.17) is 5.73 Å². The summed E-state index contributed by atoms with van der Waals surface area (Å²) in [5, 5.41) is 0. The number of allylic oxidation sites excluding steroid dienone is 3. The van der Waals surface area contributed by atoms with Crippen LogP contribution in [0.3, 0.4) is 0 Å². The van der Waals surface area contributed by atoms with Gasteiger partial charge in [0.2, 0.25) is 0 Å². The SMILES string of the molecule is C=C(N=C(C)C(C)(C)F)C1=CC=C(CCN)CC1CC. The molecule has 0 aromatic carbocycles. The molecular formula is C17H27FN2. The van der Waals surface area contributed by atoms with E-state index in [1.54, 1.807) is 6.92 Å². The number of rotatable bonds is 6. The molecular weight excluding hydrogens is 251 g/mol. The van der Waals surface area contributed by atoms with Gasteiger partial charge in [-0.25, -0.2) is 4.39 Å². The fraction of sp³-hybridized carbons (Fsp3) is 0.588. The van der Waals surface area contributed by atoms with Gasteiger partial charge in [0.05, 0.1) is 11.4 Å². The van der Waals surface area contributed by atoms with Crippen LogP contribution in [0.25, 0.3) is 0 Å². The van der Waals surface area contributed by atoms with E-state index in [1.807, 2.05) is 0 Å². The van der Waals surface area contributed by atoms with E-state index >= 15 is 0 Å². The molecule has 0 saturated heterocycles. The summed E-state index contributed by atoms with van der Waals surface area (Å²) in [6.45, 7) is 11.6. The monoisotopic (exact) mass is 278 g/mol. The van der Waals surface area contributed by atoms with Crippen molar-refractivity contribution in [1.82, 2.24) is 0 Å². The Labute approximate surface area is 122 Å². The number of nitrogens with two attached hydrogens (primary N) is 1. The molecule has 1 aliphatic carbocycles. The summed E-state index contributed by atoms with van der Waals surface area (Å²) in [6, 6.07) is 0. The van der Waals surface area contributed by atoms with Gasteiger partial charge in [-0.2, -0.15) is 0 Å². The second kappa shape index (κ2) is 6.98. The highest BCUT2D eigenvalue weighted by atomic mass is 19.1. The molecule has 0 aliphatic heterocycles. The molecule has 20 heavy (non-hydrogen) atoms. The number of alkyl halides is 1. The number of halogens is 1. The number of aliphatic imine (C=N–C) groups is 1. The first-order valence-corrected chi connectivity index (χ1v) is 7.33. The zero-order chi connectivity index (χ0) is 15.3. The molecule has 0 spiro atoms. The minimum atomic E-state index is -1.40. The first kappa shape index (κ1) is 16.8. The molecule has 1 unspecified atom stereocenters. The molecule has 0 aromatic heterocycles. The highest BCUT2D eigenvalue weighted by Crippen LogP contribution is 2.33. The van der Waals surface area contributed by atoms with Crippen LogP contribution in [-0.4, -0.2) is 17.9 Å². The van der Waals surface area contributed by atoms with Gasteiger partial charge >= 0.3 is 0 Å². The number of hydrogen-bond acceptors (Lipinski definition) is 2. The van der Waals surface area contributed by atoms with Crippen molar-refractivity contribution in [1.29, 1.82) is 0 Å². The van der Waals surface area contributed by atoms with Crippen molar-refractivity contribution >= 4 is 5.71 Å². The van der Waals surface area contributed by atoms with Crippen molar-refractivity contribution in [3.63, 3.8) is 0 Å². The van der Waals surface area contributed by atoms with Gasteiger partial charge in [-0.15, -0.1) is 0 Å². The van der Waals surface area contributed by atoms with Gasteiger partial charge in [0.15, 0.2) is 0 Å². The maximum Gasteiger partial charge on any atom is 0.143 e. The van der Waals surface area contributed by atoms with Gasteiger partial charge in [0, 0.05) is 0 Å². The highest BCUT2D eigenvalue weighted by Gasteiger charge is 2.23. The molecule has 112 valence electrons. The summed E-state index contributed by atoms with van der Waals surface area (Å²) in [6.07, 6.45) is 7.16. The summed E-state index contributed by atoms with van der Waals surface area (Å²) < 4.78 is 13.8. The average Bonchev–Trinajstić information content (AvgIpc) is 2.37. The highest BCUT2D eigenvalue weighted by molar-refractivity contribution is 5.90. The summed E-state index contributed by atoms with van der Waals surface area (Å²) in [5.41, 5.74) is 7.86. The molecule has 1 atom stereocenters. The van der Waals surface area contributed by atoms with E-state index in [-0.39, 0.29) is 0 Å². The van der Waals surface area contributed by atoms with Crippen molar-refractivity contribution in [2.75, 3.05) is 6.54 Å². The van der Waals surface area contributed by atoms with Crippen LogP contribution in [0.2, 0.25) is 0 Å². The Balaban J connectivity index is 2.96. The van der Waals surface area contributed by atoms with Crippen LogP contribution in [0.5, 0.6) is 0 Å². The summed E-state index contributed by atoms with van der Waals surface area (Å²) in [7, 11) is 0. The third-order valence-electron chi connectivity index (χ3n) is 3.90. The maximum atomic E-state index is 13.8. The molecule has 3 heteroatoms. The smallest absolute Gasteiger partial charge is 0.143 e. The topological polar surface area (TPSA) is 38.4 Å². The van der Waals surface area contributed by atoms with Gasteiger partial charge in [-0.1, -0.05) is 31.2 Å². The van der Waals surface area contributed by atoms with Gasteiger partial charge < -0.3 is 5.73 Å². The standard InChI is InChI=1S/C17H27FN2/c1-6-15-11-14(9-10-19)7-8-16(15)12(2)20-13(3)17(4,5)18/h7-8,15H,2,6,9-11,19H2,1,3-5H3. The van der Waals surface area contributed by atoms with E-state index < -0.39 is 5.67 Å². The zero-order valence-electron chi connectivity index (χ0n) is 13.2. The fourth-order valence-electron chi connectivity index (χ4n) is 2.30. The normalized spacial score (nSPS) is 20.5. The van der Waals surface area contributed by atoms with Crippen molar-refractivity contribution in [2.24, 2.45) is 16.6 Å². The van der Waals surface area contributed by atoms with E-state index in [2.05, 4.69) is 30.6 Å². The van der Waals surface area contributed by atoms with E-state index in [1.165, 1.54) is 19.4 Å². The summed E-state index contributed by atoms with van der Waals surface area (Å²) in [5.74, 6) is 0.410. The van der Waals surface area contributed by atoms with Gasteiger partial charge in [0.1, 0.15) is 5.67 Å². The van der Waals surface area contributed by atoms with Crippen LogP contribution in [0.4, 0.5) is 4.39 Å². The third-order valence-corrected chi connectivity index (χ3v) is 3.90. The molecule has 2 nitrogen and oxygen atoms in total. The molecule has 0 amide bonds. The maximum absolute atomic E-state index is 13.8. The van der Waals surface area contributed by atoms with Crippen molar-refractivity contribution in [2.45, 2.75) is 52.6 Å². The van der Waals surface area contributed by atoms with Crippen molar-refractivity contribution < 1.29 is 4.39 Å². The molecule has 0 heterocycles. The second-order valence-electron chi connectivity index (χ2n) is 5.91. The Kier molecular flexibility index (Phi) is 5.88. The number of nitrogens with zero attached hydrogens (tertiary/aromatic N) is 1. The Morgan fingerprint density at radius 1 is 1.50 bits per heavy atom. The molecule has 0 saturated carbocycles. The first-order chi connectivity index (χ1) is 9.29. The Bertz CT molecular complexity index is 450. The molecule has 1 rings (SSSR count). The van der Waals surface area contributed by atoms with Crippen LogP contribution in [0, 0.1) is 5.92 Å². The van der Waals surface area contributed by atoms with Gasteiger partial charge in [-0.3, -0.25) is 4.99 Å². The van der Waals surface area contributed by atoms with E-state index in [9.17, 15) is 4.39 Å². The van der Waals surface area contributed by atoms with Crippen LogP contribution in [-0.2, 0) is 0 Å². The Morgan fingerprint density at radius 2 is 2.15 bits per heavy atom. The predicted octanol–water partition coefficient (Wildman–Crippen LogP) is 4.34. The molecule has 0 fully saturated rings. The van der Waals surface area contributed by atoms with Gasteiger partial charge in [-0.05, 0) is 58.1 Å². The lowest BCUT2D eigenvalue weighted by molar-refractivity contribution is 0.312. The lowest BCUT2D eigenvalue weighted by Gasteiger charge is -2.25. The lowest BCUT2D eigenvalue weighted by atomic mass is 9.83. The average molecular weight is 278 g/mol. The van der Waals surface area contributed by atoms with Crippen molar-refractivity contribution in [3.05, 3.63) is 35.6 Å². The predicted molar refractivity (Wildman–Crippen MR) is 85.7 cm³/mol. The third kappa shape index (κ3) is 4.41. The minimum Gasteiger partial charge on any atom is -0.330 e. The van der Waals surface area contributed by atoms with Crippen LogP contribution in [0.15, 0.2) is 40.6 Å². The number of hydrogen-bond donors (Lipinski definition) is 1. The minimum absolute atomic E-state index is 0.410. The second-order valence-corrected chi connectivity index (χ2v) is 5.91. The zero-order valence-corrected chi connectivity index (χ0v) is 13.2. The Morgan fingerprint density at radius 3 is 2.65 bits per heavy atom. The molecule has 0 aromatic rings. The quantitative estimate of drug-likeness (QED) is 0.721. The van der Waals surface area contributed by atoms with Gasteiger partial charge in [0.25, 0.3) is 0 Å². The molecule has 2 N–H and O–H groups in total. The van der Waals surface area contributed by atoms with E-state index in [0.717, 1.165) is 24.8 Å². The molecule has 1 aliphatic rings. The lowest BCUT2D eigenvalue weighted by Crippen LogP contribution is -2.23. The Hall–Kier alpha value is -1.22. The van der Waals surface area contributed by atoms with E-state index in [0.29, 0.717) is 23.9 Å². The van der Waals surface area contributed by atoms with Crippen LogP contribution < -0.4 is 5.73 Å². The molecule has 0 radical (unpaired) electrons. The summed E-state index contributed by atoms with van der Waals surface area (Å²) in [4.78, 5) is 4.37. The van der Waals surface area contributed by atoms with Crippen LogP contribution >= 0.6 is 0 Å². The first-order valence-electron chi connectivity index (χ1n) is 7.33. The fourth-order valence-corrected chi connectivity index (χ4v) is 2.30.